The van der Waals surface area contributed by atoms with Crippen molar-refractivity contribution < 1.29 is 14.3 Å². The summed E-state index contributed by atoms with van der Waals surface area (Å²) in [6, 6.07) is 21.7. The van der Waals surface area contributed by atoms with Gasteiger partial charge in [-0.3, -0.25) is 9.59 Å². The van der Waals surface area contributed by atoms with E-state index in [1.165, 1.54) is 0 Å². The Bertz CT molecular complexity index is 1280. The zero-order valence-electron chi connectivity index (χ0n) is 18.3. The van der Waals surface area contributed by atoms with Crippen molar-refractivity contribution in [1.29, 1.82) is 0 Å². The quantitative estimate of drug-likeness (QED) is 0.283. The van der Waals surface area contributed by atoms with Gasteiger partial charge in [0.1, 0.15) is 11.6 Å². The molecule has 1 N–H and O–H groups in total. The fourth-order valence-electron chi connectivity index (χ4n) is 3.68. The molecule has 0 unspecified atom stereocenters. The lowest BCUT2D eigenvalue weighted by Gasteiger charge is -2.10. The van der Waals surface area contributed by atoms with E-state index in [2.05, 4.69) is 5.32 Å². The Morgan fingerprint density at radius 3 is 2.58 bits per heavy atom. The van der Waals surface area contributed by atoms with E-state index in [1.807, 2.05) is 28.8 Å². The molecule has 0 fully saturated rings. The van der Waals surface area contributed by atoms with Crippen LogP contribution in [0.2, 0.25) is 5.02 Å². The van der Waals surface area contributed by atoms with Crippen LogP contribution in [-0.2, 0) is 13.0 Å². The van der Waals surface area contributed by atoms with Crippen LogP contribution in [0.25, 0.3) is 11.0 Å². The van der Waals surface area contributed by atoms with Crippen LogP contribution in [0.15, 0.2) is 72.8 Å². The highest BCUT2D eigenvalue weighted by atomic mass is 35.5. The second-order valence-corrected chi connectivity index (χ2v) is 8.06. The number of hydrogen-bond donors (Lipinski definition) is 1. The van der Waals surface area contributed by atoms with E-state index >= 15 is 0 Å². The first kappa shape index (κ1) is 22.6. The molecule has 3 aromatic carbocycles. The number of Topliss-reactive ketones (excluding diaryl/α,β-unsaturated/α-hetero) is 1. The van der Waals surface area contributed by atoms with Crippen LogP contribution < -0.4 is 10.1 Å². The van der Waals surface area contributed by atoms with Crippen LogP contribution in [0.3, 0.4) is 0 Å². The van der Waals surface area contributed by atoms with E-state index < -0.39 is 0 Å². The van der Waals surface area contributed by atoms with Crippen molar-refractivity contribution in [3.63, 3.8) is 0 Å². The Labute approximate surface area is 197 Å². The molecule has 0 saturated heterocycles. The second-order valence-electron chi connectivity index (χ2n) is 7.62. The fraction of sp³-hybridized carbons (Fsp3) is 0.192. The van der Waals surface area contributed by atoms with Crippen molar-refractivity contribution in [2.45, 2.75) is 19.4 Å². The fourth-order valence-corrected chi connectivity index (χ4v) is 3.80. The van der Waals surface area contributed by atoms with Gasteiger partial charge in [-0.05, 0) is 61.0 Å². The summed E-state index contributed by atoms with van der Waals surface area (Å²) in [6.07, 6.45) is 1.31. The van der Waals surface area contributed by atoms with Gasteiger partial charge in [-0.15, -0.1) is 0 Å². The molecule has 0 radical (unpaired) electrons. The molecule has 6 nitrogen and oxygen atoms in total. The Balaban J connectivity index is 1.43. The standard InChI is InChI=1S/C26H24ClN3O3/c1-33-21-7-4-6-19(16-21)26(32)28-15-5-10-25-29-22-8-2-3-9-23(22)30(25)17-24(31)18-11-13-20(27)14-12-18/h2-4,6-9,11-14,16H,5,10,15,17H2,1H3,(H,28,32). The molecule has 4 rings (SSSR count). The van der Waals surface area contributed by atoms with Crippen LogP contribution in [0.1, 0.15) is 33.0 Å². The maximum atomic E-state index is 12.9. The normalized spacial score (nSPS) is 10.8. The smallest absolute Gasteiger partial charge is 0.251 e. The highest BCUT2D eigenvalue weighted by molar-refractivity contribution is 6.30. The first-order valence-corrected chi connectivity index (χ1v) is 11.1. The molecule has 0 saturated carbocycles. The number of hydrogen-bond acceptors (Lipinski definition) is 4. The van der Waals surface area contributed by atoms with Gasteiger partial charge in [-0.25, -0.2) is 4.98 Å². The largest absolute Gasteiger partial charge is 0.497 e. The number of rotatable bonds is 9. The Kier molecular flexibility index (Phi) is 7.05. The lowest BCUT2D eigenvalue weighted by Crippen LogP contribution is -2.25. The summed E-state index contributed by atoms with van der Waals surface area (Å²) in [7, 11) is 1.57. The number of benzene rings is 3. The maximum Gasteiger partial charge on any atom is 0.251 e. The van der Waals surface area contributed by atoms with Crippen molar-refractivity contribution in [3.8, 4) is 5.75 Å². The number of fused-ring (bicyclic) bond motifs is 1. The Morgan fingerprint density at radius 2 is 1.79 bits per heavy atom. The van der Waals surface area contributed by atoms with Crippen molar-refractivity contribution >= 4 is 34.3 Å². The van der Waals surface area contributed by atoms with E-state index in [0.717, 1.165) is 16.9 Å². The van der Waals surface area contributed by atoms with Crippen LogP contribution >= 0.6 is 11.6 Å². The monoisotopic (exact) mass is 461 g/mol. The van der Waals surface area contributed by atoms with Gasteiger partial charge in [0, 0.05) is 29.1 Å². The van der Waals surface area contributed by atoms with Gasteiger partial charge < -0.3 is 14.6 Å². The summed E-state index contributed by atoms with van der Waals surface area (Å²) >= 11 is 5.95. The van der Waals surface area contributed by atoms with Crippen LogP contribution in [0.4, 0.5) is 0 Å². The summed E-state index contributed by atoms with van der Waals surface area (Å²) < 4.78 is 7.13. The van der Waals surface area contributed by atoms with Crippen molar-refractivity contribution in [2.75, 3.05) is 13.7 Å². The number of halogens is 1. The average Bonchev–Trinajstić information content (AvgIpc) is 3.19. The molecule has 1 aromatic heterocycles. The van der Waals surface area contributed by atoms with Crippen LogP contribution in [0, 0.1) is 0 Å². The summed E-state index contributed by atoms with van der Waals surface area (Å²) in [4.78, 5) is 30.0. The van der Waals surface area contributed by atoms with E-state index in [1.54, 1.807) is 55.6 Å². The van der Waals surface area contributed by atoms with Gasteiger partial charge in [0.05, 0.1) is 24.7 Å². The van der Waals surface area contributed by atoms with E-state index in [4.69, 9.17) is 21.3 Å². The minimum absolute atomic E-state index is 0.0117. The molecule has 0 bridgehead atoms. The molecule has 168 valence electrons. The third-order valence-electron chi connectivity index (χ3n) is 5.40. The number of aromatic nitrogens is 2. The number of methoxy groups -OCH3 is 1. The van der Waals surface area contributed by atoms with Gasteiger partial charge in [0.25, 0.3) is 5.91 Å². The van der Waals surface area contributed by atoms with Crippen molar-refractivity contribution in [1.82, 2.24) is 14.9 Å². The highest BCUT2D eigenvalue weighted by Crippen LogP contribution is 2.19. The number of amides is 1. The topological polar surface area (TPSA) is 73.2 Å². The van der Waals surface area contributed by atoms with E-state index in [9.17, 15) is 9.59 Å². The molecule has 0 atom stereocenters. The van der Waals surface area contributed by atoms with Crippen LogP contribution in [0.5, 0.6) is 5.75 Å². The summed E-state index contributed by atoms with van der Waals surface area (Å²) in [5.41, 5.74) is 2.91. The average molecular weight is 462 g/mol. The number of imidazole rings is 1. The molecule has 0 aliphatic rings. The molecule has 0 spiro atoms. The number of carbonyl (C=O) groups excluding carboxylic acids is 2. The predicted molar refractivity (Wildman–Crippen MR) is 129 cm³/mol. The number of nitrogens with one attached hydrogen (secondary N) is 1. The second kappa shape index (κ2) is 10.3. The van der Waals surface area contributed by atoms with Gasteiger partial charge in [-0.1, -0.05) is 29.8 Å². The Morgan fingerprint density at radius 1 is 1.00 bits per heavy atom. The molecule has 33 heavy (non-hydrogen) atoms. The van der Waals surface area contributed by atoms with E-state index in [-0.39, 0.29) is 18.2 Å². The van der Waals surface area contributed by atoms with Crippen molar-refractivity contribution in [2.24, 2.45) is 0 Å². The first-order valence-electron chi connectivity index (χ1n) is 10.7. The number of nitrogens with zero attached hydrogens (tertiary/aromatic N) is 2. The predicted octanol–water partition coefficient (Wildman–Crippen LogP) is 4.94. The zero-order valence-corrected chi connectivity index (χ0v) is 19.0. The van der Waals surface area contributed by atoms with E-state index in [0.29, 0.717) is 41.3 Å². The molecule has 4 aromatic rings. The van der Waals surface area contributed by atoms with Crippen LogP contribution in [-0.4, -0.2) is 34.9 Å². The highest BCUT2D eigenvalue weighted by Gasteiger charge is 2.15. The van der Waals surface area contributed by atoms with Gasteiger partial charge in [-0.2, -0.15) is 0 Å². The maximum absolute atomic E-state index is 12.9. The Hall–Kier alpha value is -3.64. The molecule has 1 heterocycles. The minimum Gasteiger partial charge on any atom is -0.497 e. The number of para-hydroxylation sites is 2. The molecular formula is C26H24ClN3O3. The lowest BCUT2D eigenvalue weighted by atomic mass is 10.1. The first-order chi connectivity index (χ1) is 16.0. The van der Waals surface area contributed by atoms with Crippen molar-refractivity contribution in [3.05, 3.63) is 94.8 Å². The molecule has 1 amide bonds. The SMILES string of the molecule is COc1cccc(C(=O)NCCCc2nc3ccccc3n2CC(=O)c2ccc(Cl)cc2)c1. The lowest BCUT2D eigenvalue weighted by molar-refractivity contribution is 0.0951. The van der Waals surface area contributed by atoms with Gasteiger partial charge in [0.15, 0.2) is 5.78 Å². The number of carbonyl (C=O) groups is 2. The summed E-state index contributed by atoms with van der Waals surface area (Å²) in [6.45, 7) is 0.679. The van der Waals surface area contributed by atoms with Gasteiger partial charge >= 0.3 is 0 Å². The number of aryl methyl sites for hydroxylation is 1. The summed E-state index contributed by atoms with van der Waals surface area (Å²) in [5, 5.41) is 3.53. The number of ketones is 1. The third kappa shape index (κ3) is 5.41. The third-order valence-corrected chi connectivity index (χ3v) is 5.65. The molecule has 0 aliphatic heterocycles. The zero-order chi connectivity index (χ0) is 23.2. The number of ether oxygens (including phenoxy) is 1. The molecular weight excluding hydrogens is 438 g/mol. The molecule has 7 heteroatoms. The van der Waals surface area contributed by atoms with Gasteiger partial charge in [0.2, 0.25) is 0 Å². The minimum atomic E-state index is -0.152. The summed E-state index contributed by atoms with van der Waals surface area (Å²) in [5.74, 6) is 1.29. The molecule has 0 aliphatic carbocycles.